The molecule has 1 heterocycles. The number of carbonyl (C=O) groups excluding carboxylic acids is 2. The lowest BCUT2D eigenvalue weighted by Crippen LogP contribution is -2.51. The first-order valence-corrected chi connectivity index (χ1v) is 4.78. The fourth-order valence-corrected chi connectivity index (χ4v) is 1.57. The third kappa shape index (κ3) is 2.52. The summed E-state index contributed by atoms with van der Waals surface area (Å²) in [6.07, 6.45) is 3.27. The predicted octanol–water partition coefficient (Wildman–Crippen LogP) is 0.435. The summed E-state index contributed by atoms with van der Waals surface area (Å²) in [5.74, 6) is 0.148. The van der Waals surface area contributed by atoms with E-state index >= 15 is 0 Å². The van der Waals surface area contributed by atoms with E-state index in [4.69, 9.17) is 0 Å². The summed E-state index contributed by atoms with van der Waals surface area (Å²) in [6.45, 7) is 3.92. The Kier molecular flexibility index (Phi) is 3.89. The molecule has 0 bridgehead atoms. The van der Waals surface area contributed by atoms with Gasteiger partial charge in [0.05, 0.1) is 6.54 Å². The van der Waals surface area contributed by atoms with Crippen LogP contribution in [0.25, 0.3) is 0 Å². The lowest BCUT2D eigenvalue weighted by molar-refractivity contribution is -0.155. The molecule has 0 spiro atoms. The molecule has 0 saturated carbocycles. The Morgan fingerprint density at radius 3 is 2.92 bits per heavy atom. The van der Waals surface area contributed by atoms with E-state index in [-0.39, 0.29) is 5.91 Å². The Balaban J connectivity index is 2.56. The summed E-state index contributed by atoms with van der Waals surface area (Å²) in [4.78, 5) is 21.8. The van der Waals surface area contributed by atoms with Crippen molar-refractivity contribution in [3.63, 3.8) is 0 Å². The summed E-state index contributed by atoms with van der Waals surface area (Å²) in [5.41, 5.74) is 0. The highest BCUT2D eigenvalue weighted by Crippen LogP contribution is 2.11. The maximum Gasteiger partial charge on any atom is 0.236 e. The van der Waals surface area contributed by atoms with Crippen LogP contribution in [0.2, 0.25) is 0 Å². The minimum absolute atomic E-state index is 0.148. The molecule has 1 amide bonds. The molecule has 0 N–H and O–H groups in total. The van der Waals surface area contributed by atoms with E-state index in [0.717, 1.165) is 32.2 Å². The average molecular weight is 184 g/mol. The van der Waals surface area contributed by atoms with Crippen molar-refractivity contribution in [2.45, 2.75) is 26.2 Å². The molecule has 0 aromatic carbocycles. The van der Waals surface area contributed by atoms with Crippen molar-refractivity contribution in [2.75, 3.05) is 19.6 Å². The van der Waals surface area contributed by atoms with Gasteiger partial charge in [0.25, 0.3) is 0 Å². The third-order valence-corrected chi connectivity index (χ3v) is 2.16. The number of hydrazine groups is 1. The minimum atomic E-state index is 0.148. The molecule has 1 aliphatic heterocycles. The molecule has 0 radical (unpaired) electrons. The van der Waals surface area contributed by atoms with Crippen LogP contribution in [-0.4, -0.2) is 41.8 Å². The average Bonchev–Trinajstić information content (AvgIpc) is 2.11. The molecule has 1 aliphatic rings. The van der Waals surface area contributed by atoms with Gasteiger partial charge in [-0.25, -0.2) is 5.01 Å². The Morgan fingerprint density at radius 2 is 2.31 bits per heavy atom. The summed E-state index contributed by atoms with van der Waals surface area (Å²) >= 11 is 0. The van der Waals surface area contributed by atoms with Crippen LogP contribution in [-0.2, 0) is 9.59 Å². The zero-order valence-electron chi connectivity index (χ0n) is 8.03. The Morgan fingerprint density at radius 1 is 1.54 bits per heavy atom. The van der Waals surface area contributed by atoms with Gasteiger partial charge in [-0.3, -0.25) is 9.80 Å². The highest BCUT2D eigenvalue weighted by Gasteiger charge is 2.24. The van der Waals surface area contributed by atoms with Gasteiger partial charge in [0, 0.05) is 19.5 Å². The Hall–Kier alpha value is -0.900. The fraction of sp³-hybridized carbons (Fsp3) is 0.778. The number of aldehydes is 1. The number of carbonyl (C=O) groups is 2. The van der Waals surface area contributed by atoms with Crippen molar-refractivity contribution < 1.29 is 9.59 Å². The van der Waals surface area contributed by atoms with Gasteiger partial charge < -0.3 is 4.79 Å². The van der Waals surface area contributed by atoms with E-state index < -0.39 is 0 Å². The second-order valence-corrected chi connectivity index (χ2v) is 3.20. The van der Waals surface area contributed by atoms with Crippen molar-refractivity contribution in [1.82, 2.24) is 10.0 Å². The Labute approximate surface area is 78.5 Å². The van der Waals surface area contributed by atoms with Crippen molar-refractivity contribution >= 4 is 12.2 Å². The second-order valence-electron chi connectivity index (χ2n) is 3.20. The minimum Gasteiger partial charge on any atom is -0.302 e. The highest BCUT2D eigenvalue weighted by atomic mass is 16.2. The monoisotopic (exact) mass is 184 g/mol. The standard InChI is InChI=1S/C9H16N2O2/c1-2-5-11-9(13)4-3-6-10(11)7-8-12/h8H,2-7H2,1H3. The van der Waals surface area contributed by atoms with E-state index in [2.05, 4.69) is 0 Å². The predicted molar refractivity (Wildman–Crippen MR) is 48.9 cm³/mol. The summed E-state index contributed by atoms with van der Waals surface area (Å²) in [5, 5.41) is 3.54. The number of nitrogens with zero attached hydrogens (tertiary/aromatic N) is 2. The summed E-state index contributed by atoms with van der Waals surface area (Å²) in [6, 6.07) is 0. The van der Waals surface area contributed by atoms with Crippen molar-refractivity contribution in [3.8, 4) is 0 Å². The van der Waals surface area contributed by atoms with E-state index in [1.807, 2.05) is 11.9 Å². The number of hydrogen-bond acceptors (Lipinski definition) is 3. The molecule has 1 saturated heterocycles. The largest absolute Gasteiger partial charge is 0.302 e. The van der Waals surface area contributed by atoms with Crippen molar-refractivity contribution in [1.29, 1.82) is 0 Å². The van der Waals surface area contributed by atoms with E-state index in [9.17, 15) is 9.59 Å². The lowest BCUT2D eigenvalue weighted by Gasteiger charge is -2.37. The molecule has 13 heavy (non-hydrogen) atoms. The first-order chi connectivity index (χ1) is 6.29. The molecule has 0 aromatic heterocycles. The Bertz CT molecular complexity index is 194. The molecule has 0 atom stereocenters. The summed E-state index contributed by atoms with van der Waals surface area (Å²) < 4.78 is 0. The number of amides is 1. The fourth-order valence-electron chi connectivity index (χ4n) is 1.57. The van der Waals surface area contributed by atoms with Crippen LogP contribution in [0.5, 0.6) is 0 Å². The van der Waals surface area contributed by atoms with Gasteiger partial charge in [-0.15, -0.1) is 0 Å². The molecular formula is C9H16N2O2. The topological polar surface area (TPSA) is 40.6 Å². The van der Waals surface area contributed by atoms with Gasteiger partial charge in [0.2, 0.25) is 5.91 Å². The van der Waals surface area contributed by atoms with Crippen molar-refractivity contribution in [2.24, 2.45) is 0 Å². The molecule has 74 valence electrons. The maximum absolute atomic E-state index is 11.4. The van der Waals surface area contributed by atoms with Crippen LogP contribution < -0.4 is 0 Å². The molecule has 0 aliphatic carbocycles. The van der Waals surface area contributed by atoms with Crippen LogP contribution in [0.1, 0.15) is 26.2 Å². The molecule has 0 unspecified atom stereocenters. The van der Waals surface area contributed by atoms with E-state index in [1.165, 1.54) is 0 Å². The van der Waals surface area contributed by atoms with E-state index in [0.29, 0.717) is 13.0 Å². The van der Waals surface area contributed by atoms with Crippen LogP contribution in [0.15, 0.2) is 0 Å². The normalized spacial score (nSPS) is 19.2. The van der Waals surface area contributed by atoms with Crippen LogP contribution in [0.3, 0.4) is 0 Å². The van der Waals surface area contributed by atoms with Gasteiger partial charge in [-0.05, 0) is 12.8 Å². The second kappa shape index (κ2) is 4.97. The van der Waals surface area contributed by atoms with Gasteiger partial charge in [-0.1, -0.05) is 6.92 Å². The SMILES string of the molecule is CCCN1C(=O)CCCN1CC=O. The zero-order valence-corrected chi connectivity index (χ0v) is 8.03. The molecule has 0 aromatic rings. The molecule has 1 rings (SSSR count). The van der Waals surface area contributed by atoms with Crippen LogP contribution in [0, 0.1) is 0 Å². The van der Waals surface area contributed by atoms with Crippen molar-refractivity contribution in [3.05, 3.63) is 0 Å². The smallest absolute Gasteiger partial charge is 0.236 e. The van der Waals surface area contributed by atoms with Gasteiger partial charge in [0.1, 0.15) is 6.29 Å². The number of rotatable bonds is 4. The van der Waals surface area contributed by atoms with Gasteiger partial charge >= 0.3 is 0 Å². The van der Waals surface area contributed by atoms with E-state index in [1.54, 1.807) is 5.01 Å². The molecule has 1 fully saturated rings. The first kappa shape index (κ1) is 10.2. The quantitative estimate of drug-likeness (QED) is 0.595. The maximum atomic E-state index is 11.4. The molecule has 4 heteroatoms. The van der Waals surface area contributed by atoms with Gasteiger partial charge in [0.15, 0.2) is 0 Å². The first-order valence-electron chi connectivity index (χ1n) is 4.78. The molecular weight excluding hydrogens is 168 g/mol. The zero-order chi connectivity index (χ0) is 9.68. The third-order valence-electron chi connectivity index (χ3n) is 2.16. The number of hydrogen-bond donors (Lipinski definition) is 0. The van der Waals surface area contributed by atoms with Crippen LogP contribution in [0.4, 0.5) is 0 Å². The highest BCUT2D eigenvalue weighted by molar-refractivity contribution is 5.76. The lowest BCUT2D eigenvalue weighted by atomic mass is 10.2. The summed E-state index contributed by atoms with van der Waals surface area (Å²) in [7, 11) is 0. The molecule has 4 nitrogen and oxygen atoms in total. The van der Waals surface area contributed by atoms with Crippen LogP contribution >= 0.6 is 0 Å². The van der Waals surface area contributed by atoms with Gasteiger partial charge in [-0.2, -0.15) is 0 Å².